The summed E-state index contributed by atoms with van der Waals surface area (Å²) in [5, 5.41) is 0. The van der Waals surface area contributed by atoms with Crippen LogP contribution in [-0.4, -0.2) is 0 Å². The number of rotatable bonds is 8. The molecule has 0 saturated carbocycles. The normalized spacial score (nSPS) is 13.2. The molecule has 0 bridgehead atoms. The van der Waals surface area contributed by atoms with Crippen LogP contribution in [0.25, 0.3) is 9.40 Å². The van der Waals surface area contributed by atoms with Crippen molar-refractivity contribution in [2.24, 2.45) is 0 Å². The molecule has 19 heavy (non-hydrogen) atoms. The standard InChI is InChI=1S/C17H25S2/c1-4-6-8-10-14-11-16-17(18-14)12-15(19-16)13(3)9-7-5-2/h5,11-13H,4,6-10H2,1-3H3. The summed E-state index contributed by atoms with van der Waals surface area (Å²) < 4.78 is 3.03. The highest BCUT2D eigenvalue weighted by atomic mass is 32.1. The second-order valence-corrected chi connectivity index (χ2v) is 7.72. The highest BCUT2D eigenvalue weighted by Crippen LogP contribution is 2.38. The molecule has 0 fully saturated rings. The number of thiophene rings is 2. The van der Waals surface area contributed by atoms with Crippen molar-refractivity contribution in [3.05, 3.63) is 28.3 Å². The number of unbranched alkanes of at least 4 members (excludes halogenated alkanes) is 3. The minimum atomic E-state index is 0.712. The van der Waals surface area contributed by atoms with E-state index in [1.54, 1.807) is 9.75 Å². The van der Waals surface area contributed by atoms with Crippen molar-refractivity contribution in [2.45, 2.75) is 65.2 Å². The Kier molecular flexibility index (Phi) is 5.90. The summed E-state index contributed by atoms with van der Waals surface area (Å²) in [7, 11) is 0. The summed E-state index contributed by atoms with van der Waals surface area (Å²) in [4.78, 5) is 3.15. The van der Waals surface area contributed by atoms with Gasteiger partial charge < -0.3 is 0 Å². The summed E-state index contributed by atoms with van der Waals surface area (Å²) in [5.74, 6) is 0.712. The van der Waals surface area contributed by atoms with Crippen LogP contribution in [0.2, 0.25) is 0 Å². The van der Waals surface area contributed by atoms with Crippen LogP contribution in [0, 0.1) is 6.42 Å². The minimum Gasteiger partial charge on any atom is -0.139 e. The molecule has 2 aromatic rings. The molecular formula is C17H25S2. The van der Waals surface area contributed by atoms with Crippen LogP contribution < -0.4 is 0 Å². The summed E-state index contributed by atoms with van der Waals surface area (Å²) >= 11 is 4.02. The van der Waals surface area contributed by atoms with Crippen LogP contribution in [-0.2, 0) is 6.42 Å². The predicted octanol–water partition coefficient (Wildman–Crippen LogP) is 6.80. The Morgan fingerprint density at radius 3 is 2.63 bits per heavy atom. The molecule has 0 spiro atoms. The zero-order chi connectivity index (χ0) is 13.7. The molecule has 1 radical (unpaired) electrons. The Balaban J connectivity index is 2.00. The maximum Gasteiger partial charge on any atom is 0.0456 e. The van der Waals surface area contributed by atoms with Gasteiger partial charge in [0, 0.05) is 19.2 Å². The van der Waals surface area contributed by atoms with E-state index in [2.05, 4.69) is 39.3 Å². The highest BCUT2D eigenvalue weighted by Gasteiger charge is 2.11. The predicted molar refractivity (Wildman–Crippen MR) is 90.6 cm³/mol. The van der Waals surface area contributed by atoms with Crippen molar-refractivity contribution in [2.75, 3.05) is 0 Å². The maximum atomic E-state index is 2.44. The second-order valence-electron chi connectivity index (χ2n) is 5.43. The van der Waals surface area contributed by atoms with E-state index in [0.717, 1.165) is 0 Å². The van der Waals surface area contributed by atoms with Crippen LogP contribution in [0.1, 0.15) is 68.5 Å². The SMILES string of the molecule is C[CH]CCC(C)c1cc2sc(CCCCC)cc2s1. The fourth-order valence-electron chi connectivity index (χ4n) is 2.38. The van der Waals surface area contributed by atoms with Gasteiger partial charge in [-0.15, -0.1) is 22.7 Å². The van der Waals surface area contributed by atoms with Gasteiger partial charge in [0.05, 0.1) is 0 Å². The third-order valence-electron chi connectivity index (χ3n) is 3.68. The van der Waals surface area contributed by atoms with Gasteiger partial charge in [0.2, 0.25) is 0 Å². The molecule has 0 aliphatic carbocycles. The van der Waals surface area contributed by atoms with Gasteiger partial charge in [0.25, 0.3) is 0 Å². The average Bonchev–Trinajstić information content (AvgIpc) is 2.94. The van der Waals surface area contributed by atoms with Gasteiger partial charge in [0.15, 0.2) is 0 Å². The van der Waals surface area contributed by atoms with Crippen LogP contribution in [0.4, 0.5) is 0 Å². The topological polar surface area (TPSA) is 0 Å². The Morgan fingerprint density at radius 1 is 1.16 bits per heavy atom. The maximum absolute atomic E-state index is 2.44. The fraction of sp³-hybridized carbons (Fsp3) is 0.588. The molecule has 2 aromatic heterocycles. The molecule has 0 aromatic carbocycles. The van der Waals surface area contributed by atoms with Crippen LogP contribution in [0.15, 0.2) is 12.1 Å². The lowest BCUT2D eigenvalue weighted by Crippen LogP contribution is -1.89. The molecule has 0 aliphatic heterocycles. The molecule has 1 atom stereocenters. The molecule has 0 amide bonds. The van der Waals surface area contributed by atoms with E-state index in [0.29, 0.717) is 5.92 Å². The minimum absolute atomic E-state index is 0.712. The fourth-order valence-corrected chi connectivity index (χ4v) is 4.94. The first-order chi connectivity index (χ1) is 9.24. The number of fused-ring (bicyclic) bond motifs is 1. The molecule has 2 heteroatoms. The lowest BCUT2D eigenvalue weighted by molar-refractivity contribution is 0.684. The third kappa shape index (κ3) is 4.06. The van der Waals surface area contributed by atoms with E-state index in [9.17, 15) is 0 Å². The van der Waals surface area contributed by atoms with Crippen molar-refractivity contribution in [3.8, 4) is 0 Å². The zero-order valence-corrected chi connectivity index (χ0v) is 14.0. The van der Waals surface area contributed by atoms with E-state index in [-0.39, 0.29) is 0 Å². The molecule has 0 N–H and O–H groups in total. The van der Waals surface area contributed by atoms with Gasteiger partial charge in [-0.1, -0.05) is 33.6 Å². The van der Waals surface area contributed by atoms with Gasteiger partial charge in [0.1, 0.15) is 0 Å². The third-order valence-corrected chi connectivity index (χ3v) is 6.26. The molecule has 2 heterocycles. The number of hydrogen-bond donors (Lipinski definition) is 0. The van der Waals surface area contributed by atoms with E-state index >= 15 is 0 Å². The Bertz CT molecular complexity index is 461. The van der Waals surface area contributed by atoms with E-state index in [4.69, 9.17) is 0 Å². The van der Waals surface area contributed by atoms with Gasteiger partial charge in [-0.25, -0.2) is 0 Å². The van der Waals surface area contributed by atoms with Crippen LogP contribution >= 0.6 is 22.7 Å². The first-order valence-electron chi connectivity index (χ1n) is 7.54. The Hall–Kier alpha value is -0.340. The molecule has 1 unspecified atom stereocenters. The first-order valence-corrected chi connectivity index (χ1v) is 9.17. The van der Waals surface area contributed by atoms with E-state index in [1.807, 2.05) is 22.7 Å². The largest absolute Gasteiger partial charge is 0.139 e. The first kappa shape index (κ1) is 15.1. The number of aryl methyl sites for hydroxylation is 1. The summed E-state index contributed by atoms with van der Waals surface area (Å²) in [5.41, 5.74) is 0. The van der Waals surface area contributed by atoms with Crippen LogP contribution in [0.3, 0.4) is 0 Å². The summed E-state index contributed by atoms with van der Waals surface area (Å²) in [6.07, 6.45) is 10.1. The quantitative estimate of drug-likeness (QED) is 0.469. The average molecular weight is 294 g/mol. The van der Waals surface area contributed by atoms with Crippen LogP contribution in [0.5, 0.6) is 0 Å². The summed E-state index contributed by atoms with van der Waals surface area (Å²) in [6, 6.07) is 4.87. The van der Waals surface area contributed by atoms with Crippen molar-refractivity contribution in [3.63, 3.8) is 0 Å². The van der Waals surface area contributed by atoms with E-state index in [1.165, 1.54) is 47.9 Å². The highest BCUT2D eigenvalue weighted by molar-refractivity contribution is 7.27. The molecule has 0 nitrogen and oxygen atoms in total. The van der Waals surface area contributed by atoms with Gasteiger partial charge >= 0.3 is 0 Å². The zero-order valence-electron chi connectivity index (χ0n) is 12.4. The smallest absolute Gasteiger partial charge is 0.0456 e. The van der Waals surface area contributed by atoms with Crippen molar-refractivity contribution in [1.82, 2.24) is 0 Å². The molecular weight excluding hydrogens is 268 g/mol. The van der Waals surface area contributed by atoms with Crippen molar-refractivity contribution < 1.29 is 0 Å². The molecule has 105 valence electrons. The van der Waals surface area contributed by atoms with Crippen molar-refractivity contribution in [1.29, 1.82) is 0 Å². The molecule has 2 rings (SSSR count). The van der Waals surface area contributed by atoms with Gasteiger partial charge in [-0.2, -0.15) is 0 Å². The van der Waals surface area contributed by atoms with Gasteiger partial charge in [-0.3, -0.25) is 0 Å². The Morgan fingerprint density at radius 2 is 1.95 bits per heavy atom. The second kappa shape index (κ2) is 7.44. The molecule has 0 saturated heterocycles. The van der Waals surface area contributed by atoms with E-state index < -0.39 is 0 Å². The number of hydrogen-bond acceptors (Lipinski definition) is 2. The van der Waals surface area contributed by atoms with Crippen molar-refractivity contribution >= 4 is 32.1 Å². The van der Waals surface area contributed by atoms with Gasteiger partial charge in [-0.05, 0) is 50.2 Å². The monoisotopic (exact) mass is 293 g/mol. The molecule has 0 aliphatic rings. The lowest BCUT2D eigenvalue weighted by Gasteiger charge is -2.06. The Labute approximate surface area is 125 Å². The lowest BCUT2D eigenvalue weighted by atomic mass is 10.0. The summed E-state index contributed by atoms with van der Waals surface area (Å²) in [6.45, 7) is 6.79.